The lowest BCUT2D eigenvalue weighted by Crippen LogP contribution is -1.97. The molecule has 0 saturated heterocycles. The molecule has 122 valence electrons. The van der Waals surface area contributed by atoms with Crippen LogP contribution in [0.4, 0.5) is 0 Å². The summed E-state index contributed by atoms with van der Waals surface area (Å²) in [7, 11) is 0. The van der Waals surface area contributed by atoms with Gasteiger partial charge >= 0.3 is 0 Å². The molecule has 0 radical (unpaired) electrons. The number of para-hydroxylation sites is 3. The molecule has 0 amide bonds. The van der Waals surface area contributed by atoms with Crippen molar-refractivity contribution < 1.29 is 9.47 Å². The van der Waals surface area contributed by atoms with Crippen LogP contribution in [0.2, 0.25) is 0 Å². The first-order valence-electron chi connectivity index (χ1n) is 8.17. The number of ether oxygens (including phenoxy) is 2. The summed E-state index contributed by atoms with van der Waals surface area (Å²) < 4.78 is 12.1. The van der Waals surface area contributed by atoms with E-state index in [9.17, 15) is 0 Å². The Bertz CT molecular complexity index is 978. The molecular weight excluding hydrogens is 310 g/mol. The summed E-state index contributed by atoms with van der Waals surface area (Å²) >= 11 is 0. The van der Waals surface area contributed by atoms with Crippen molar-refractivity contribution in [2.75, 3.05) is 0 Å². The van der Waals surface area contributed by atoms with E-state index in [1.54, 1.807) is 6.20 Å². The number of hydrogen-bond donors (Lipinski definition) is 0. The fourth-order valence-corrected chi connectivity index (χ4v) is 2.67. The summed E-state index contributed by atoms with van der Waals surface area (Å²) in [4.78, 5) is 4.37. The molecule has 1 heterocycles. The third-order valence-corrected chi connectivity index (χ3v) is 3.92. The van der Waals surface area contributed by atoms with Crippen LogP contribution in [-0.2, 0) is 6.61 Å². The molecule has 0 unspecified atom stereocenters. The SMILES string of the molecule is c1ccc(COc2ccccc2Oc2ccnc3ccccc23)cc1. The Labute approximate surface area is 146 Å². The molecule has 3 nitrogen and oxygen atoms in total. The van der Waals surface area contributed by atoms with Gasteiger partial charge in [0.05, 0.1) is 5.52 Å². The molecule has 0 fully saturated rings. The van der Waals surface area contributed by atoms with Crippen LogP contribution in [0.3, 0.4) is 0 Å². The van der Waals surface area contributed by atoms with E-state index in [4.69, 9.17) is 9.47 Å². The van der Waals surface area contributed by atoms with Crippen molar-refractivity contribution in [1.29, 1.82) is 0 Å². The first-order chi connectivity index (χ1) is 12.4. The molecule has 4 rings (SSSR count). The Hall–Kier alpha value is -3.33. The number of aromatic nitrogens is 1. The quantitative estimate of drug-likeness (QED) is 0.478. The molecule has 0 saturated carbocycles. The number of pyridine rings is 1. The maximum absolute atomic E-state index is 6.15. The van der Waals surface area contributed by atoms with Crippen molar-refractivity contribution >= 4 is 10.9 Å². The van der Waals surface area contributed by atoms with Gasteiger partial charge < -0.3 is 9.47 Å². The number of hydrogen-bond acceptors (Lipinski definition) is 3. The largest absolute Gasteiger partial charge is 0.485 e. The highest BCUT2D eigenvalue weighted by Crippen LogP contribution is 2.34. The van der Waals surface area contributed by atoms with Crippen molar-refractivity contribution in [3.63, 3.8) is 0 Å². The van der Waals surface area contributed by atoms with E-state index in [-0.39, 0.29) is 0 Å². The molecule has 4 aromatic rings. The fourth-order valence-electron chi connectivity index (χ4n) is 2.67. The van der Waals surface area contributed by atoms with Gasteiger partial charge in [-0.25, -0.2) is 0 Å². The van der Waals surface area contributed by atoms with E-state index in [0.29, 0.717) is 18.1 Å². The van der Waals surface area contributed by atoms with Gasteiger partial charge in [0.15, 0.2) is 11.5 Å². The average molecular weight is 327 g/mol. The van der Waals surface area contributed by atoms with E-state index in [0.717, 1.165) is 22.2 Å². The number of rotatable bonds is 5. The molecular formula is C22H17NO2. The second-order valence-corrected chi connectivity index (χ2v) is 5.65. The molecule has 0 N–H and O–H groups in total. The monoisotopic (exact) mass is 327 g/mol. The van der Waals surface area contributed by atoms with E-state index in [1.165, 1.54) is 0 Å². The standard InChI is InChI=1S/C22H17NO2/c1-2-8-17(9-3-1)16-24-21-12-6-7-13-22(21)25-20-14-15-23-19-11-5-4-10-18(19)20/h1-15H,16H2. The summed E-state index contributed by atoms with van der Waals surface area (Å²) in [5.41, 5.74) is 2.02. The lowest BCUT2D eigenvalue weighted by molar-refractivity contribution is 0.292. The second-order valence-electron chi connectivity index (χ2n) is 5.65. The number of benzene rings is 3. The Morgan fingerprint density at radius 3 is 2.24 bits per heavy atom. The minimum absolute atomic E-state index is 0.498. The van der Waals surface area contributed by atoms with Gasteiger partial charge in [-0.05, 0) is 35.9 Å². The van der Waals surface area contributed by atoms with Gasteiger partial charge in [-0.15, -0.1) is 0 Å². The molecule has 1 aromatic heterocycles. The number of fused-ring (bicyclic) bond motifs is 1. The molecule has 0 aliphatic rings. The molecule has 0 aliphatic heterocycles. The van der Waals surface area contributed by atoms with Crippen LogP contribution < -0.4 is 9.47 Å². The summed E-state index contributed by atoms with van der Waals surface area (Å²) in [6.45, 7) is 0.498. The van der Waals surface area contributed by atoms with E-state index >= 15 is 0 Å². The predicted molar refractivity (Wildman–Crippen MR) is 99.0 cm³/mol. The third-order valence-electron chi connectivity index (χ3n) is 3.92. The fraction of sp³-hybridized carbons (Fsp3) is 0.0455. The van der Waals surface area contributed by atoms with Crippen molar-refractivity contribution in [2.45, 2.75) is 6.61 Å². The Morgan fingerprint density at radius 2 is 1.36 bits per heavy atom. The lowest BCUT2D eigenvalue weighted by Gasteiger charge is -2.13. The second kappa shape index (κ2) is 7.05. The van der Waals surface area contributed by atoms with Crippen LogP contribution in [-0.4, -0.2) is 4.98 Å². The third kappa shape index (κ3) is 3.45. The van der Waals surface area contributed by atoms with Gasteiger partial charge in [0.1, 0.15) is 12.4 Å². The molecule has 3 heteroatoms. The zero-order valence-corrected chi connectivity index (χ0v) is 13.6. The molecule has 0 atom stereocenters. The van der Waals surface area contributed by atoms with Gasteiger partial charge in [0.25, 0.3) is 0 Å². The molecule has 0 spiro atoms. The van der Waals surface area contributed by atoms with E-state index in [2.05, 4.69) is 4.98 Å². The maximum atomic E-state index is 6.15. The van der Waals surface area contributed by atoms with Gasteiger partial charge in [-0.2, -0.15) is 0 Å². The summed E-state index contributed by atoms with van der Waals surface area (Å²) in [6, 6.07) is 27.6. The van der Waals surface area contributed by atoms with Crippen molar-refractivity contribution in [2.24, 2.45) is 0 Å². The van der Waals surface area contributed by atoms with Crippen molar-refractivity contribution in [3.05, 3.63) is 96.7 Å². The van der Waals surface area contributed by atoms with E-state index in [1.807, 2.05) is 84.9 Å². The van der Waals surface area contributed by atoms with Crippen LogP contribution in [0.15, 0.2) is 91.1 Å². The lowest BCUT2D eigenvalue weighted by atomic mass is 10.2. The van der Waals surface area contributed by atoms with Crippen molar-refractivity contribution in [1.82, 2.24) is 4.98 Å². The zero-order valence-electron chi connectivity index (χ0n) is 13.6. The van der Waals surface area contributed by atoms with Crippen molar-refractivity contribution in [3.8, 4) is 17.2 Å². The molecule has 0 bridgehead atoms. The normalized spacial score (nSPS) is 10.6. The van der Waals surface area contributed by atoms with Gasteiger partial charge in [-0.1, -0.05) is 54.6 Å². The van der Waals surface area contributed by atoms with Crippen LogP contribution in [0, 0.1) is 0 Å². The minimum atomic E-state index is 0.498. The highest BCUT2D eigenvalue weighted by atomic mass is 16.5. The Balaban J connectivity index is 1.60. The van der Waals surface area contributed by atoms with Crippen LogP contribution >= 0.6 is 0 Å². The van der Waals surface area contributed by atoms with Gasteiger partial charge in [-0.3, -0.25) is 4.98 Å². The number of nitrogens with zero attached hydrogens (tertiary/aromatic N) is 1. The highest BCUT2D eigenvalue weighted by Gasteiger charge is 2.09. The van der Waals surface area contributed by atoms with Gasteiger partial charge in [0, 0.05) is 11.6 Å². The topological polar surface area (TPSA) is 31.4 Å². The molecule has 25 heavy (non-hydrogen) atoms. The molecule has 0 aliphatic carbocycles. The van der Waals surface area contributed by atoms with Crippen LogP contribution in [0.5, 0.6) is 17.2 Å². The summed E-state index contributed by atoms with van der Waals surface area (Å²) in [5.74, 6) is 2.17. The Morgan fingerprint density at radius 1 is 0.640 bits per heavy atom. The van der Waals surface area contributed by atoms with Gasteiger partial charge in [0.2, 0.25) is 0 Å². The average Bonchev–Trinajstić information content (AvgIpc) is 2.68. The highest BCUT2D eigenvalue weighted by molar-refractivity contribution is 5.85. The Kier molecular flexibility index (Phi) is 4.29. The first-order valence-corrected chi connectivity index (χ1v) is 8.17. The van der Waals surface area contributed by atoms with Crippen LogP contribution in [0.1, 0.15) is 5.56 Å². The van der Waals surface area contributed by atoms with Crippen LogP contribution in [0.25, 0.3) is 10.9 Å². The summed E-state index contributed by atoms with van der Waals surface area (Å²) in [6.07, 6.45) is 1.76. The van der Waals surface area contributed by atoms with E-state index < -0.39 is 0 Å². The molecule has 3 aromatic carbocycles. The predicted octanol–water partition coefficient (Wildman–Crippen LogP) is 5.61. The maximum Gasteiger partial charge on any atom is 0.169 e. The first kappa shape index (κ1) is 15.2. The minimum Gasteiger partial charge on any atom is -0.485 e. The summed E-state index contributed by atoms with van der Waals surface area (Å²) in [5, 5.41) is 0.975. The zero-order chi connectivity index (χ0) is 16.9. The smallest absolute Gasteiger partial charge is 0.169 e.